The summed E-state index contributed by atoms with van der Waals surface area (Å²) in [4.78, 5) is 11.0. The van der Waals surface area contributed by atoms with Crippen LogP contribution in [0.15, 0.2) is 25.0 Å². The lowest BCUT2D eigenvalue weighted by Gasteiger charge is -2.17. The Morgan fingerprint density at radius 2 is 2.17 bits per heavy atom. The molecule has 1 heterocycles. The zero-order valence-corrected chi connectivity index (χ0v) is 11.7. The van der Waals surface area contributed by atoms with Crippen molar-refractivity contribution in [3.8, 4) is 0 Å². The molecule has 100 valence electrons. The fourth-order valence-electron chi connectivity index (χ4n) is 1.53. The SMILES string of the molecule is C=CCCCN(C)c1cnc(CNC(C)C)cn1. The molecule has 18 heavy (non-hydrogen) atoms. The number of nitrogens with zero attached hydrogens (tertiary/aromatic N) is 3. The summed E-state index contributed by atoms with van der Waals surface area (Å²) in [5, 5.41) is 3.33. The van der Waals surface area contributed by atoms with Gasteiger partial charge in [-0.25, -0.2) is 4.98 Å². The molecule has 0 unspecified atom stereocenters. The highest BCUT2D eigenvalue weighted by molar-refractivity contribution is 5.34. The van der Waals surface area contributed by atoms with Crippen molar-refractivity contribution in [1.82, 2.24) is 15.3 Å². The van der Waals surface area contributed by atoms with Crippen molar-refractivity contribution >= 4 is 5.82 Å². The summed E-state index contributed by atoms with van der Waals surface area (Å²) in [6, 6.07) is 0.466. The van der Waals surface area contributed by atoms with Gasteiger partial charge in [-0.15, -0.1) is 6.58 Å². The van der Waals surface area contributed by atoms with Gasteiger partial charge in [-0.05, 0) is 12.8 Å². The summed E-state index contributed by atoms with van der Waals surface area (Å²) in [7, 11) is 2.04. The van der Waals surface area contributed by atoms with Gasteiger partial charge in [-0.1, -0.05) is 19.9 Å². The maximum Gasteiger partial charge on any atom is 0.146 e. The molecule has 0 aliphatic rings. The lowest BCUT2D eigenvalue weighted by molar-refractivity contribution is 0.580. The molecule has 0 saturated carbocycles. The van der Waals surface area contributed by atoms with E-state index in [1.165, 1.54) is 0 Å². The number of rotatable bonds is 8. The molecule has 0 amide bonds. The molecule has 0 bridgehead atoms. The van der Waals surface area contributed by atoms with Crippen molar-refractivity contribution in [2.45, 2.75) is 39.3 Å². The fraction of sp³-hybridized carbons (Fsp3) is 0.571. The van der Waals surface area contributed by atoms with E-state index < -0.39 is 0 Å². The van der Waals surface area contributed by atoms with Crippen LogP contribution < -0.4 is 10.2 Å². The summed E-state index contributed by atoms with van der Waals surface area (Å²) >= 11 is 0. The standard InChI is InChI=1S/C14H24N4/c1-5-6-7-8-18(4)14-11-16-13(10-17-14)9-15-12(2)3/h5,10-12,15H,1,6-9H2,2-4H3. The second kappa shape index (κ2) is 7.82. The minimum Gasteiger partial charge on any atom is -0.358 e. The van der Waals surface area contributed by atoms with Crippen LogP contribution in [0.1, 0.15) is 32.4 Å². The van der Waals surface area contributed by atoms with Crippen molar-refractivity contribution < 1.29 is 0 Å². The number of nitrogens with one attached hydrogen (secondary N) is 1. The second-order valence-electron chi connectivity index (χ2n) is 4.75. The highest BCUT2D eigenvalue weighted by Crippen LogP contribution is 2.08. The van der Waals surface area contributed by atoms with Gasteiger partial charge in [-0.3, -0.25) is 4.98 Å². The van der Waals surface area contributed by atoms with Crippen LogP contribution in [-0.2, 0) is 6.54 Å². The molecule has 4 heteroatoms. The zero-order valence-electron chi connectivity index (χ0n) is 11.7. The molecule has 0 atom stereocenters. The van der Waals surface area contributed by atoms with Gasteiger partial charge in [0.25, 0.3) is 0 Å². The van der Waals surface area contributed by atoms with E-state index in [-0.39, 0.29) is 0 Å². The van der Waals surface area contributed by atoms with Crippen LogP contribution in [0, 0.1) is 0 Å². The van der Waals surface area contributed by atoms with Gasteiger partial charge in [-0.2, -0.15) is 0 Å². The molecule has 4 nitrogen and oxygen atoms in total. The molecule has 1 N–H and O–H groups in total. The zero-order chi connectivity index (χ0) is 13.4. The van der Waals surface area contributed by atoms with Gasteiger partial charge in [0.05, 0.1) is 18.1 Å². The lowest BCUT2D eigenvalue weighted by atomic mass is 10.3. The molecule has 0 spiro atoms. The van der Waals surface area contributed by atoms with E-state index in [9.17, 15) is 0 Å². The Morgan fingerprint density at radius 1 is 1.39 bits per heavy atom. The number of allylic oxidation sites excluding steroid dienone is 1. The van der Waals surface area contributed by atoms with E-state index in [1.54, 1.807) is 0 Å². The molecule has 0 saturated heterocycles. The van der Waals surface area contributed by atoms with E-state index >= 15 is 0 Å². The van der Waals surface area contributed by atoms with Gasteiger partial charge in [0, 0.05) is 26.2 Å². The molecule has 0 aliphatic carbocycles. The predicted octanol–water partition coefficient (Wildman–Crippen LogP) is 2.38. The second-order valence-corrected chi connectivity index (χ2v) is 4.75. The molecule has 1 rings (SSSR count). The molecule has 1 aromatic heterocycles. The van der Waals surface area contributed by atoms with Crippen LogP contribution in [0.2, 0.25) is 0 Å². The Balaban J connectivity index is 2.45. The highest BCUT2D eigenvalue weighted by atomic mass is 15.2. The summed E-state index contributed by atoms with van der Waals surface area (Å²) in [5.41, 5.74) is 0.979. The average molecular weight is 248 g/mol. The number of unbranched alkanes of at least 4 members (excludes halogenated alkanes) is 1. The number of aromatic nitrogens is 2. The lowest BCUT2D eigenvalue weighted by Crippen LogP contribution is -2.23. The van der Waals surface area contributed by atoms with E-state index in [0.717, 1.165) is 37.4 Å². The first kappa shape index (κ1) is 14.6. The molecule has 0 fully saturated rings. The van der Waals surface area contributed by atoms with E-state index in [0.29, 0.717) is 6.04 Å². The van der Waals surface area contributed by atoms with Crippen molar-refractivity contribution in [3.05, 3.63) is 30.7 Å². The van der Waals surface area contributed by atoms with Crippen LogP contribution in [0.5, 0.6) is 0 Å². The van der Waals surface area contributed by atoms with Crippen LogP contribution in [0.3, 0.4) is 0 Å². The number of hydrogen-bond acceptors (Lipinski definition) is 4. The molecule has 0 aliphatic heterocycles. The van der Waals surface area contributed by atoms with Crippen LogP contribution in [-0.4, -0.2) is 29.6 Å². The maximum atomic E-state index is 4.43. The topological polar surface area (TPSA) is 41.1 Å². The number of anilines is 1. The van der Waals surface area contributed by atoms with Crippen molar-refractivity contribution in [2.24, 2.45) is 0 Å². The summed E-state index contributed by atoms with van der Waals surface area (Å²) in [6.07, 6.45) is 7.76. The molecule has 0 aromatic carbocycles. The third-order valence-electron chi connectivity index (χ3n) is 2.68. The van der Waals surface area contributed by atoms with Gasteiger partial charge >= 0.3 is 0 Å². The Hall–Kier alpha value is -1.42. The summed E-state index contributed by atoms with van der Waals surface area (Å²) in [5.74, 6) is 0.923. The predicted molar refractivity (Wildman–Crippen MR) is 76.7 cm³/mol. The van der Waals surface area contributed by atoms with Crippen molar-refractivity contribution in [3.63, 3.8) is 0 Å². The Bertz CT molecular complexity index is 345. The van der Waals surface area contributed by atoms with Gasteiger partial charge in [0.1, 0.15) is 5.82 Å². The summed E-state index contributed by atoms with van der Waals surface area (Å²) < 4.78 is 0. The quantitative estimate of drug-likeness (QED) is 0.566. The third kappa shape index (κ3) is 5.27. The molecule has 1 aromatic rings. The van der Waals surface area contributed by atoms with Crippen LogP contribution in [0.25, 0.3) is 0 Å². The fourth-order valence-corrected chi connectivity index (χ4v) is 1.53. The summed E-state index contributed by atoms with van der Waals surface area (Å²) in [6.45, 7) is 9.71. The Morgan fingerprint density at radius 3 is 2.72 bits per heavy atom. The largest absolute Gasteiger partial charge is 0.358 e. The molecular weight excluding hydrogens is 224 g/mol. The first-order valence-corrected chi connectivity index (χ1v) is 6.49. The minimum absolute atomic E-state index is 0.466. The monoisotopic (exact) mass is 248 g/mol. The van der Waals surface area contributed by atoms with Crippen LogP contribution in [0.4, 0.5) is 5.82 Å². The normalized spacial score (nSPS) is 10.7. The Labute approximate surface area is 110 Å². The van der Waals surface area contributed by atoms with Crippen LogP contribution >= 0.6 is 0 Å². The molecule has 0 radical (unpaired) electrons. The van der Waals surface area contributed by atoms with E-state index in [4.69, 9.17) is 0 Å². The van der Waals surface area contributed by atoms with Gasteiger partial charge in [0.15, 0.2) is 0 Å². The van der Waals surface area contributed by atoms with Gasteiger partial charge < -0.3 is 10.2 Å². The average Bonchev–Trinajstić information content (AvgIpc) is 2.37. The van der Waals surface area contributed by atoms with Gasteiger partial charge in [0.2, 0.25) is 0 Å². The van der Waals surface area contributed by atoms with E-state index in [2.05, 4.69) is 40.6 Å². The minimum atomic E-state index is 0.466. The smallest absolute Gasteiger partial charge is 0.146 e. The number of hydrogen-bond donors (Lipinski definition) is 1. The third-order valence-corrected chi connectivity index (χ3v) is 2.68. The highest BCUT2D eigenvalue weighted by Gasteiger charge is 2.03. The Kier molecular flexibility index (Phi) is 6.36. The van der Waals surface area contributed by atoms with Crippen molar-refractivity contribution in [2.75, 3.05) is 18.5 Å². The molecular formula is C14H24N4. The van der Waals surface area contributed by atoms with Crippen molar-refractivity contribution in [1.29, 1.82) is 0 Å². The maximum absolute atomic E-state index is 4.43. The first-order chi connectivity index (χ1) is 8.63. The van der Waals surface area contributed by atoms with E-state index in [1.807, 2.05) is 25.5 Å². The first-order valence-electron chi connectivity index (χ1n) is 6.49.